The van der Waals surface area contributed by atoms with Crippen molar-refractivity contribution in [1.82, 2.24) is 4.98 Å². The summed E-state index contributed by atoms with van der Waals surface area (Å²) in [6, 6.07) is 11.7. The third-order valence-electron chi connectivity index (χ3n) is 3.08. The van der Waals surface area contributed by atoms with Crippen LogP contribution in [0.2, 0.25) is 0 Å². The maximum Gasteiger partial charge on any atom is 0.118 e. The minimum atomic E-state index is -0.149. The Bertz CT molecular complexity index is 535. The van der Waals surface area contributed by atoms with Crippen LogP contribution in [0.15, 0.2) is 36.4 Å². The highest BCUT2D eigenvalue weighted by Gasteiger charge is 2.12. The van der Waals surface area contributed by atoms with Crippen LogP contribution in [0.5, 0.6) is 5.75 Å². The third kappa shape index (κ3) is 2.51. The number of ether oxygens (including phenoxy) is 1. The van der Waals surface area contributed by atoms with Crippen molar-refractivity contribution in [3.8, 4) is 5.75 Å². The zero-order chi connectivity index (χ0) is 13.1. The lowest BCUT2D eigenvalue weighted by Crippen LogP contribution is -2.14. The molecule has 0 saturated heterocycles. The topological polar surface area (TPSA) is 48.1 Å². The number of benzene rings is 1. The number of nitrogens with zero attached hydrogens (tertiary/aromatic N) is 1. The molecule has 0 aliphatic rings. The number of hydrogen-bond acceptors (Lipinski definition) is 3. The number of aryl methyl sites for hydroxylation is 2. The molecule has 1 heterocycles. The summed E-state index contributed by atoms with van der Waals surface area (Å²) in [6.45, 7) is 3.97. The molecular weight excluding hydrogens is 224 g/mol. The molecule has 18 heavy (non-hydrogen) atoms. The van der Waals surface area contributed by atoms with Crippen LogP contribution in [0.3, 0.4) is 0 Å². The van der Waals surface area contributed by atoms with Crippen LogP contribution in [0.25, 0.3) is 0 Å². The second-order valence-corrected chi connectivity index (χ2v) is 4.38. The highest BCUT2D eigenvalue weighted by Crippen LogP contribution is 2.23. The Kier molecular flexibility index (Phi) is 3.63. The molecular formula is C15H18N2O. The van der Waals surface area contributed by atoms with E-state index in [1.54, 1.807) is 7.11 Å². The minimum absolute atomic E-state index is 0.149. The SMILES string of the molecule is COc1ccc(C(N)c2ccc(C)nc2C)cc1. The van der Waals surface area contributed by atoms with Crippen molar-refractivity contribution in [1.29, 1.82) is 0 Å². The van der Waals surface area contributed by atoms with Crippen LogP contribution in [-0.2, 0) is 0 Å². The first-order valence-electron chi connectivity index (χ1n) is 5.95. The number of hydrogen-bond donors (Lipinski definition) is 1. The van der Waals surface area contributed by atoms with Gasteiger partial charge in [-0.25, -0.2) is 0 Å². The number of methoxy groups -OCH3 is 1. The van der Waals surface area contributed by atoms with Crippen molar-refractivity contribution >= 4 is 0 Å². The number of nitrogens with two attached hydrogens (primary N) is 1. The van der Waals surface area contributed by atoms with Gasteiger partial charge in [-0.1, -0.05) is 18.2 Å². The maximum atomic E-state index is 6.28. The van der Waals surface area contributed by atoms with Crippen LogP contribution in [0.4, 0.5) is 0 Å². The Balaban J connectivity index is 2.31. The lowest BCUT2D eigenvalue weighted by atomic mass is 9.98. The van der Waals surface area contributed by atoms with Crippen LogP contribution < -0.4 is 10.5 Å². The molecule has 0 aliphatic carbocycles. The van der Waals surface area contributed by atoms with Gasteiger partial charge in [-0.15, -0.1) is 0 Å². The summed E-state index contributed by atoms with van der Waals surface area (Å²) in [5, 5.41) is 0. The molecule has 94 valence electrons. The molecule has 3 nitrogen and oxygen atoms in total. The second-order valence-electron chi connectivity index (χ2n) is 4.38. The fourth-order valence-corrected chi connectivity index (χ4v) is 2.02. The van der Waals surface area contributed by atoms with Gasteiger partial charge in [0.2, 0.25) is 0 Å². The molecule has 1 unspecified atom stereocenters. The van der Waals surface area contributed by atoms with Gasteiger partial charge >= 0.3 is 0 Å². The first-order chi connectivity index (χ1) is 8.61. The minimum Gasteiger partial charge on any atom is -0.497 e. The van der Waals surface area contributed by atoms with Crippen LogP contribution >= 0.6 is 0 Å². The van der Waals surface area contributed by atoms with E-state index in [4.69, 9.17) is 10.5 Å². The van der Waals surface area contributed by atoms with E-state index in [2.05, 4.69) is 4.98 Å². The summed E-state index contributed by atoms with van der Waals surface area (Å²) in [5.41, 5.74) is 10.4. The fraction of sp³-hybridized carbons (Fsp3) is 0.267. The van der Waals surface area contributed by atoms with Crippen LogP contribution in [0, 0.1) is 13.8 Å². The molecule has 1 aromatic carbocycles. The Morgan fingerprint density at radius 2 is 1.72 bits per heavy atom. The van der Waals surface area contributed by atoms with Crippen molar-refractivity contribution in [2.24, 2.45) is 5.73 Å². The zero-order valence-electron chi connectivity index (χ0n) is 11.0. The Hall–Kier alpha value is -1.87. The van der Waals surface area contributed by atoms with Gasteiger partial charge in [-0.2, -0.15) is 0 Å². The molecule has 0 bridgehead atoms. The van der Waals surface area contributed by atoms with Crippen molar-refractivity contribution < 1.29 is 4.74 Å². The molecule has 3 heteroatoms. The monoisotopic (exact) mass is 242 g/mol. The van der Waals surface area contributed by atoms with Gasteiger partial charge in [0.25, 0.3) is 0 Å². The molecule has 0 amide bonds. The first kappa shape index (κ1) is 12.6. The lowest BCUT2D eigenvalue weighted by Gasteiger charge is -2.15. The predicted octanol–water partition coefficient (Wildman–Crippen LogP) is 2.76. The largest absolute Gasteiger partial charge is 0.497 e. The summed E-state index contributed by atoms with van der Waals surface area (Å²) < 4.78 is 5.14. The van der Waals surface area contributed by atoms with E-state index in [9.17, 15) is 0 Å². The van der Waals surface area contributed by atoms with Gasteiger partial charge in [-0.05, 0) is 43.2 Å². The first-order valence-corrected chi connectivity index (χ1v) is 5.95. The van der Waals surface area contributed by atoms with Gasteiger partial charge < -0.3 is 10.5 Å². The Morgan fingerprint density at radius 3 is 2.28 bits per heavy atom. The number of rotatable bonds is 3. The summed E-state index contributed by atoms with van der Waals surface area (Å²) in [5.74, 6) is 0.838. The lowest BCUT2D eigenvalue weighted by molar-refractivity contribution is 0.414. The van der Waals surface area contributed by atoms with Crippen molar-refractivity contribution in [2.75, 3.05) is 7.11 Å². The average Bonchev–Trinajstić information content (AvgIpc) is 2.38. The maximum absolute atomic E-state index is 6.28. The highest BCUT2D eigenvalue weighted by atomic mass is 16.5. The van der Waals surface area contributed by atoms with Crippen LogP contribution in [0.1, 0.15) is 28.6 Å². The van der Waals surface area contributed by atoms with Crippen LogP contribution in [-0.4, -0.2) is 12.1 Å². The molecule has 0 fully saturated rings. The zero-order valence-corrected chi connectivity index (χ0v) is 11.0. The van der Waals surface area contributed by atoms with E-state index in [0.29, 0.717) is 0 Å². The standard InChI is InChI=1S/C15H18N2O/c1-10-4-9-14(11(2)17-10)15(16)12-5-7-13(18-3)8-6-12/h4-9,15H,16H2,1-3H3. The van der Waals surface area contributed by atoms with E-state index >= 15 is 0 Å². The molecule has 0 saturated carbocycles. The normalized spacial score (nSPS) is 12.2. The number of aromatic nitrogens is 1. The van der Waals surface area contributed by atoms with Gasteiger partial charge in [-0.3, -0.25) is 4.98 Å². The predicted molar refractivity (Wildman–Crippen MR) is 72.7 cm³/mol. The summed E-state index contributed by atoms with van der Waals surface area (Å²) in [6.07, 6.45) is 0. The molecule has 0 spiro atoms. The van der Waals surface area contributed by atoms with Crippen molar-refractivity contribution in [3.05, 3.63) is 58.9 Å². The number of pyridine rings is 1. The molecule has 2 aromatic rings. The van der Waals surface area contributed by atoms with Gasteiger partial charge in [0, 0.05) is 11.4 Å². The van der Waals surface area contributed by atoms with E-state index < -0.39 is 0 Å². The van der Waals surface area contributed by atoms with Crippen molar-refractivity contribution in [2.45, 2.75) is 19.9 Å². The molecule has 0 radical (unpaired) electrons. The summed E-state index contributed by atoms with van der Waals surface area (Å²) in [7, 11) is 1.66. The Labute approximate surface area is 108 Å². The third-order valence-corrected chi connectivity index (χ3v) is 3.08. The fourth-order valence-electron chi connectivity index (χ4n) is 2.02. The average molecular weight is 242 g/mol. The molecule has 1 aromatic heterocycles. The van der Waals surface area contributed by atoms with Gasteiger partial charge in [0.05, 0.1) is 13.2 Å². The quantitative estimate of drug-likeness (QED) is 0.900. The van der Waals surface area contributed by atoms with E-state index in [-0.39, 0.29) is 6.04 Å². The Morgan fingerprint density at radius 1 is 1.06 bits per heavy atom. The van der Waals surface area contributed by atoms with Crippen molar-refractivity contribution in [3.63, 3.8) is 0 Å². The van der Waals surface area contributed by atoms with E-state index in [1.807, 2.05) is 50.2 Å². The molecule has 0 aliphatic heterocycles. The smallest absolute Gasteiger partial charge is 0.118 e. The highest BCUT2D eigenvalue weighted by molar-refractivity contribution is 5.36. The summed E-state index contributed by atoms with van der Waals surface area (Å²) in [4.78, 5) is 4.45. The molecule has 1 atom stereocenters. The summed E-state index contributed by atoms with van der Waals surface area (Å²) >= 11 is 0. The molecule has 2 N–H and O–H groups in total. The van der Waals surface area contributed by atoms with Gasteiger partial charge in [0.1, 0.15) is 5.75 Å². The molecule has 2 rings (SSSR count). The second kappa shape index (κ2) is 5.19. The van der Waals surface area contributed by atoms with E-state index in [1.165, 1.54) is 0 Å². The van der Waals surface area contributed by atoms with E-state index in [0.717, 1.165) is 28.3 Å². The van der Waals surface area contributed by atoms with Gasteiger partial charge in [0.15, 0.2) is 0 Å².